The third-order valence-corrected chi connectivity index (χ3v) is 4.09. The van der Waals surface area contributed by atoms with Crippen molar-refractivity contribution in [3.8, 4) is 16.4 Å². The number of aliphatic hydroxyl groups is 1. The van der Waals surface area contributed by atoms with Crippen molar-refractivity contribution in [3.63, 3.8) is 0 Å². The molecule has 0 aliphatic rings. The second-order valence-corrected chi connectivity index (χ2v) is 5.90. The van der Waals surface area contributed by atoms with Gasteiger partial charge in [-0.15, -0.1) is 11.3 Å². The molecule has 2 heterocycles. The third kappa shape index (κ3) is 4.01. The summed E-state index contributed by atoms with van der Waals surface area (Å²) in [7, 11) is 0. The van der Waals surface area contributed by atoms with Crippen molar-refractivity contribution in [2.45, 2.75) is 6.61 Å². The van der Waals surface area contributed by atoms with Crippen molar-refractivity contribution in [2.24, 2.45) is 0 Å². The number of benzene rings is 1. The molecule has 3 aromatic rings. The number of rotatable bonds is 7. The fourth-order valence-corrected chi connectivity index (χ4v) is 2.74. The van der Waals surface area contributed by atoms with E-state index in [1.54, 1.807) is 35.6 Å². The van der Waals surface area contributed by atoms with E-state index in [4.69, 9.17) is 14.4 Å². The summed E-state index contributed by atoms with van der Waals surface area (Å²) in [5, 5.41) is 17.3. The van der Waals surface area contributed by atoms with Crippen molar-refractivity contribution in [3.05, 3.63) is 59.1 Å². The van der Waals surface area contributed by atoms with E-state index in [1.807, 2.05) is 23.6 Å². The van der Waals surface area contributed by atoms with Crippen LogP contribution in [0.1, 0.15) is 16.1 Å². The highest BCUT2D eigenvalue weighted by Gasteiger charge is 2.09. The van der Waals surface area contributed by atoms with Gasteiger partial charge in [-0.2, -0.15) is 0 Å². The van der Waals surface area contributed by atoms with E-state index in [-0.39, 0.29) is 25.7 Å². The molecule has 0 unspecified atom stereocenters. The standard InChI is InChI=1S/C17H16N2O4S/c20-7-6-18-17(21)12-3-1-4-14(9-12)22-11-13-10-15(23-19-13)16-5-2-8-24-16/h1-5,8-10,20H,6-7,11H2,(H,18,21). The zero-order valence-electron chi connectivity index (χ0n) is 12.8. The Balaban J connectivity index is 1.61. The van der Waals surface area contributed by atoms with Crippen LogP contribution < -0.4 is 10.1 Å². The van der Waals surface area contributed by atoms with E-state index in [0.29, 0.717) is 22.8 Å². The quantitative estimate of drug-likeness (QED) is 0.688. The van der Waals surface area contributed by atoms with Gasteiger partial charge in [0.1, 0.15) is 18.1 Å². The van der Waals surface area contributed by atoms with Crippen LogP contribution in [0.5, 0.6) is 5.75 Å². The van der Waals surface area contributed by atoms with E-state index < -0.39 is 0 Å². The van der Waals surface area contributed by atoms with Gasteiger partial charge in [0.05, 0.1) is 11.5 Å². The number of nitrogens with zero attached hydrogens (tertiary/aromatic N) is 1. The van der Waals surface area contributed by atoms with Crippen molar-refractivity contribution < 1.29 is 19.2 Å². The fraction of sp³-hybridized carbons (Fsp3) is 0.176. The molecule has 7 heteroatoms. The number of aromatic nitrogens is 1. The largest absolute Gasteiger partial charge is 0.487 e. The van der Waals surface area contributed by atoms with Crippen LogP contribution in [0, 0.1) is 0 Å². The number of amides is 1. The zero-order valence-corrected chi connectivity index (χ0v) is 13.6. The molecule has 3 rings (SSSR count). The normalized spacial score (nSPS) is 10.5. The van der Waals surface area contributed by atoms with Crippen molar-refractivity contribution >= 4 is 17.2 Å². The van der Waals surface area contributed by atoms with Crippen LogP contribution in [0.25, 0.3) is 10.6 Å². The Morgan fingerprint density at radius 2 is 2.21 bits per heavy atom. The summed E-state index contributed by atoms with van der Waals surface area (Å²) in [5.74, 6) is 1.02. The monoisotopic (exact) mass is 344 g/mol. The highest BCUT2D eigenvalue weighted by atomic mass is 32.1. The number of thiophene rings is 1. The summed E-state index contributed by atoms with van der Waals surface area (Å²) in [5.41, 5.74) is 1.15. The first kappa shape index (κ1) is 16.2. The Bertz CT molecular complexity index is 799. The summed E-state index contributed by atoms with van der Waals surface area (Å²) in [4.78, 5) is 12.9. The minimum atomic E-state index is -0.254. The van der Waals surface area contributed by atoms with Crippen molar-refractivity contribution in [1.82, 2.24) is 10.5 Å². The average Bonchev–Trinajstić information content (AvgIpc) is 3.29. The lowest BCUT2D eigenvalue weighted by atomic mass is 10.2. The van der Waals surface area contributed by atoms with Crippen LogP contribution in [0.15, 0.2) is 52.4 Å². The number of hydrogen-bond acceptors (Lipinski definition) is 6. The molecule has 24 heavy (non-hydrogen) atoms. The molecule has 2 N–H and O–H groups in total. The fourth-order valence-electron chi connectivity index (χ4n) is 2.07. The van der Waals surface area contributed by atoms with E-state index in [0.717, 1.165) is 4.88 Å². The maximum absolute atomic E-state index is 11.9. The van der Waals surface area contributed by atoms with Crippen LogP contribution >= 0.6 is 11.3 Å². The molecule has 0 saturated heterocycles. The lowest BCUT2D eigenvalue weighted by molar-refractivity contribution is 0.0944. The topological polar surface area (TPSA) is 84.6 Å². The Labute approximate surface area is 142 Å². The van der Waals surface area contributed by atoms with Crippen LogP contribution in [0.2, 0.25) is 0 Å². The molecule has 1 amide bonds. The van der Waals surface area contributed by atoms with Gasteiger partial charge in [-0.1, -0.05) is 17.3 Å². The molecule has 124 valence electrons. The molecule has 0 radical (unpaired) electrons. The maximum Gasteiger partial charge on any atom is 0.251 e. The Morgan fingerprint density at radius 1 is 1.29 bits per heavy atom. The summed E-state index contributed by atoms with van der Waals surface area (Å²) in [6.07, 6.45) is 0. The van der Waals surface area contributed by atoms with Crippen LogP contribution in [-0.4, -0.2) is 29.3 Å². The summed E-state index contributed by atoms with van der Waals surface area (Å²) in [6.45, 7) is 0.367. The number of carbonyl (C=O) groups excluding carboxylic acids is 1. The molecule has 6 nitrogen and oxygen atoms in total. The number of hydrogen-bond donors (Lipinski definition) is 2. The molecule has 2 aromatic heterocycles. The van der Waals surface area contributed by atoms with Gasteiger partial charge in [0.25, 0.3) is 5.91 Å². The molecule has 0 fully saturated rings. The van der Waals surface area contributed by atoms with E-state index in [9.17, 15) is 4.79 Å². The molecular weight excluding hydrogens is 328 g/mol. The predicted octanol–water partition coefficient (Wildman–Crippen LogP) is 2.70. The second kappa shape index (κ2) is 7.76. The van der Waals surface area contributed by atoms with Gasteiger partial charge in [0.2, 0.25) is 0 Å². The first-order valence-electron chi connectivity index (χ1n) is 7.37. The highest BCUT2D eigenvalue weighted by molar-refractivity contribution is 7.13. The van der Waals surface area contributed by atoms with Crippen LogP contribution in [-0.2, 0) is 6.61 Å². The summed E-state index contributed by atoms with van der Waals surface area (Å²) >= 11 is 1.58. The minimum absolute atomic E-state index is 0.0966. The predicted molar refractivity (Wildman–Crippen MR) is 90.0 cm³/mol. The molecule has 0 spiro atoms. The highest BCUT2D eigenvalue weighted by Crippen LogP contribution is 2.25. The van der Waals surface area contributed by atoms with Gasteiger partial charge in [-0.3, -0.25) is 4.79 Å². The smallest absolute Gasteiger partial charge is 0.251 e. The SMILES string of the molecule is O=C(NCCO)c1cccc(OCc2cc(-c3cccs3)on2)c1. The van der Waals surface area contributed by atoms with Crippen LogP contribution in [0.3, 0.4) is 0 Å². The first-order valence-corrected chi connectivity index (χ1v) is 8.25. The Kier molecular flexibility index (Phi) is 5.25. The molecule has 0 aliphatic heterocycles. The van der Waals surface area contributed by atoms with Gasteiger partial charge >= 0.3 is 0 Å². The van der Waals surface area contributed by atoms with E-state index in [1.165, 1.54) is 0 Å². The Hall–Kier alpha value is -2.64. The summed E-state index contributed by atoms with van der Waals surface area (Å²) < 4.78 is 11.0. The third-order valence-electron chi connectivity index (χ3n) is 3.20. The molecule has 0 aliphatic carbocycles. The van der Waals surface area contributed by atoms with Gasteiger partial charge in [0, 0.05) is 18.2 Å². The molecular formula is C17H16N2O4S. The van der Waals surface area contributed by atoms with Gasteiger partial charge < -0.3 is 19.7 Å². The second-order valence-electron chi connectivity index (χ2n) is 4.96. The number of ether oxygens (including phenoxy) is 1. The molecule has 1 aromatic carbocycles. The number of aliphatic hydroxyl groups excluding tert-OH is 1. The van der Waals surface area contributed by atoms with E-state index >= 15 is 0 Å². The Morgan fingerprint density at radius 3 is 3.00 bits per heavy atom. The van der Waals surface area contributed by atoms with Crippen molar-refractivity contribution in [1.29, 1.82) is 0 Å². The van der Waals surface area contributed by atoms with Crippen LogP contribution in [0.4, 0.5) is 0 Å². The van der Waals surface area contributed by atoms with Gasteiger partial charge in [-0.25, -0.2) is 0 Å². The minimum Gasteiger partial charge on any atom is -0.487 e. The molecule has 0 saturated carbocycles. The molecule has 0 atom stereocenters. The summed E-state index contributed by atoms with van der Waals surface area (Å²) in [6, 6.07) is 12.6. The first-order chi connectivity index (χ1) is 11.8. The lowest BCUT2D eigenvalue weighted by Gasteiger charge is -2.07. The zero-order chi connectivity index (χ0) is 16.8. The number of nitrogens with one attached hydrogen (secondary N) is 1. The number of carbonyl (C=O) groups is 1. The van der Waals surface area contributed by atoms with E-state index in [2.05, 4.69) is 10.5 Å². The molecule has 0 bridgehead atoms. The van der Waals surface area contributed by atoms with Gasteiger partial charge in [0.15, 0.2) is 5.76 Å². The lowest BCUT2D eigenvalue weighted by Crippen LogP contribution is -2.26. The average molecular weight is 344 g/mol. The maximum atomic E-state index is 11.9. The van der Waals surface area contributed by atoms with Gasteiger partial charge in [-0.05, 0) is 29.6 Å². The van der Waals surface area contributed by atoms with Crippen molar-refractivity contribution in [2.75, 3.05) is 13.2 Å².